The predicted octanol–water partition coefficient (Wildman–Crippen LogP) is 2.60. The lowest BCUT2D eigenvalue weighted by molar-refractivity contribution is 0.413. The molecule has 1 aromatic carbocycles. The lowest BCUT2D eigenvalue weighted by Gasteiger charge is -2.07. The summed E-state index contributed by atoms with van der Waals surface area (Å²) >= 11 is 0. The molecular weight excluding hydrogens is 228 g/mol. The van der Waals surface area contributed by atoms with E-state index < -0.39 is 0 Å². The molecule has 4 nitrogen and oxygen atoms in total. The smallest absolute Gasteiger partial charge is 0.130 e. The second-order valence-electron chi connectivity index (χ2n) is 3.79. The van der Waals surface area contributed by atoms with Crippen LogP contribution in [0.15, 0.2) is 42.6 Å². The molecule has 94 valence electrons. The third-order valence-electron chi connectivity index (χ3n) is 2.44. The molecule has 1 aromatic heterocycles. The molecule has 2 aromatic rings. The number of pyridine rings is 1. The largest absolute Gasteiger partial charge is 0.497 e. The highest BCUT2D eigenvalue weighted by atomic mass is 16.5. The first-order chi connectivity index (χ1) is 8.81. The Labute approximate surface area is 107 Å². The molecule has 0 atom stereocenters. The highest BCUT2D eigenvalue weighted by molar-refractivity contribution is 5.35. The van der Waals surface area contributed by atoms with Crippen LogP contribution in [0.2, 0.25) is 0 Å². The fraction of sp³-hybridized carbons (Fsp3) is 0.214. The normalized spacial score (nSPS) is 10.1. The van der Waals surface area contributed by atoms with Gasteiger partial charge in [-0.15, -0.1) is 0 Å². The number of nitrogens with one attached hydrogen (secondary N) is 1. The minimum Gasteiger partial charge on any atom is -0.497 e. The van der Waals surface area contributed by atoms with Crippen molar-refractivity contribution in [3.63, 3.8) is 0 Å². The van der Waals surface area contributed by atoms with Crippen LogP contribution in [0.4, 0.5) is 0 Å². The molecule has 0 fully saturated rings. The van der Waals surface area contributed by atoms with E-state index in [0.29, 0.717) is 0 Å². The van der Waals surface area contributed by atoms with Gasteiger partial charge in [0.25, 0.3) is 0 Å². The van der Waals surface area contributed by atoms with Gasteiger partial charge in [0.2, 0.25) is 0 Å². The van der Waals surface area contributed by atoms with Crippen LogP contribution in [0.5, 0.6) is 17.2 Å². The number of ether oxygens (including phenoxy) is 2. The van der Waals surface area contributed by atoms with Crippen molar-refractivity contribution in [2.75, 3.05) is 14.2 Å². The summed E-state index contributed by atoms with van der Waals surface area (Å²) in [5.41, 5.74) is 0.948. The summed E-state index contributed by atoms with van der Waals surface area (Å²) in [5, 5.41) is 3.06. The molecule has 0 aliphatic rings. The molecule has 4 heteroatoms. The quantitative estimate of drug-likeness (QED) is 0.878. The van der Waals surface area contributed by atoms with Gasteiger partial charge in [-0.05, 0) is 37.4 Å². The topological polar surface area (TPSA) is 43.4 Å². The second kappa shape index (κ2) is 6.02. The van der Waals surface area contributed by atoms with E-state index in [4.69, 9.17) is 9.47 Å². The minimum absolute atomic E-state index is 0.722. The van der Waals surface area contributed by atoms with Gasteiger partial charge >= 0.3 is 0 Å². The fourth-order valence-corrected chi connectivity index (χ4v) is 1.58. The van der Waals surface area contributed by atoms with Crippen LogP contribution in [-0.4, -0.2) is 19.1 Å². The third-order valence-corrected chi connectivity index (χ3v) is 2.44. The summed E-state index contributed by atoms with van der Waals surface area (Å²) in [7, 11) is 3.53. The van der Waals surface area contributed by atoms with Crippen molar-refractivity contribution >= 4 is 0 Å². The van der Waals surface area contributed by atoms with Crippen molar-refractivity contribution in [1.82, 2.24) is 10.3 Å². The zero-order valence-corrected chi connectivity index (χ0v) is 10.5. The molecule has 0 spiro atoms. The molecule has 0 amide bonds. The van der Waals surface area contributed by atoms with E-state index in [0.717, 1.165) is 29.5 Å². The van der Waals surface area contributed by atoms with E-state index in [1.807, 2.05) is 43.4 Å². The Kier molecular flexibility index (Phi) is 4.15. The van der Waals surface area contributed by atoms with E-state index in [2.05, 4.69) is 10.3 Å². The number of benzene rings is 1. The number of hydrogen-bond donors (Lipinski definition) is 1. The van der Waals surface area contributed by atoms with Gasteiger partial charge in [-0.2, -0.15) is 0 Å². The molecule has 18 heavy (non-hydrogen) atoms. The van der Waals surface area contributed by atoms with Crippen molar-refractivity contribution < 1.29 is 9.47 Å². The number of aromatic nitrogens is 1. The average Bonchev–Trinajstić information content (AvgIpc) is 2.40. The maximum absolute atomic E-state index is 5.74. The lowest BCUT2D eigenvalue weighted by atomic mass is 10.3. The summed E-state index contributed by atoms with van der Waals surface area (Å²) in [5.74, 6) is 2.37. The molecular formula is C14H16N2O2. The summed E-state index contributed by atoms with van der Waals surface area (Å²) in [4.78, 5) is 4.24. The van der Waals surface area contributed by atoms with Gasteiger partial charge in [-0.3, -0.25) is 4.98 Å². The summed E-state index contributed by atoms with van der Waals surface area (Å²) in [6.45, 7) is 0.722. The predicted molar refractivity (Wildman–Crippen MR) is 70.1 cm³/mol. The molecule has 0 unspecified atom stereocenters. The third kappa shape index (κ3) is 3.21. The second-order valence-corrected chi connectivity index (χ2v) is 3.79. The molecule has 0 saturated carbocycles. The zero-order valence-electron chi connectivity index (χ0n) is 10.5. The van der Waals surface area contributed by atoms with Crippen LogP contribution in [0.3, 0.4) is 0 Å². The molecule has 0 aliphatic carbocycles. The van der Waals surface area contributed by atoms with E-state index in [9.17, 15) is 0 Å². The van der Waals surface area contributed by atoms with Gasteiger partial charge in [0.1, 0.15) is 17.2 Å². The highest BCUT2D eigenvalue weighted by Crippen LogP contribution is 2.23. The number of rotatable bonds is 5. The SMILES string of the molecule is CNCc1cc(Oc2ccc(OC)cc2)ccn1. The van der Waals surface area contributed by atoms with Crippen molar-refractivity contribution in [3.05, 3.63) is 48.3 Å². The van der Waals surface area contributed by atoms with E-state index in [-0.39, 0.29) is 0 Å². The zero-order chi connectivity index (χ0) is 12.8. The monoisotopic (exact) mass is 244 g/mol. The Balaban J connectivity index is 2.09. The van der Waals surface area contributed by atoms with Gasteiger partial charge < -0.3 is 14.8 Å². The maximum atomic E-state index is 5.74. The first-order valence-electron chi connectivity index (χ1n) is 5.73. The Morgan fingerprint density at radius 1 is 1.06 bits per heavy atom. The van der Waals surface area contributed by atoms with Gasteiger partial charge in [-0.1, -0.05) is 0 Å². The molecule has 2 rings (SSSR count). The molecule has 0 saturated heterocycles. The number of hydrogen-bond acceptors (Lipinski definition) is 4. The van der Waals surface area contributed by atoms with Crippen molar-refractivity contribution in [3.8, 4) is 17.2 Å². The Morgan fingerprint density at radius 3 is 2.44 bits per heavy atom. The lowest BCUT2D eigenvalue weighted by Crippen LogP contribution is -2.06. The molecule has 0 bridgehead atoms. The van der Waals surface area contributed by atoms with Crippen molar-refractivity contribution in [1.29, 1.82) is 0 Å². The highest BCUT2D eigenvalue weighted by Gasteiger charge is 2.00. The minimum atomic E-state index is 0.722. The van der Waals surface area contributed by atoms with Crippen LogP contribution in [0.1, 0.15) is 5.69 Å². The maximum Gasteiger partial charge on any atom is 0.130 e. The van der Waals surface area contributed by atoms with E-state index in [1.165, 1.54) is 0 Å². The fourth-order valence-electron chi connectivity index (χ4n) is 1.58. The first-order valence-corrected chi connectivity index (χ1v) is 5.73. The number of methoxy groups -OCH3 is 1. The molecule has 0 aliphatic heterocycles. The van der Waals surface area contributed by atoms with E-state index in [1.54, 1.807) is 13.3 Å². The van der Waals surface area contributed by atoms with Gasteiger partial charge in [0.15, 0.2) is 0 Å². The molecule has 0 radical (unpaired) electrons. The standard InChI is InChI=1S/C14H16N2O2/c1-15-10-11-9-14(7-8-16-11)18-13-5-3-12(17-2)4-6-13/h3-9,15H,10H2,1-2H3. The van der Waals surface area contributed by atoms with Gasteiger partial charge in [0, 0.05) is 18.8 Å². The Bertz CT molecular complexity index is 497. The molecule has 1 N–H and O–H groups in total. The van der Waals surface area contributed by atoms with Crippen LogP contribution < -0.4 is 14.8 Å². The van der Waals surface area contributed by atoms with Crippen LogP contribution >= 0.6 is 0 Å². The molecule has 1 heterocycles. The van der Waals surface area contributed by atoms with Crippen LogP contribution in [0, 0.1) is 0 Å². The van der Waals surface area contributed by atoms with Gasteiger partial charge in [-0.25, -0.2) is 0 Å². The Hall–Kier alpha value is -2.07. The summed E-state index contributed by atoms with van der Waals surface area (Å²) in [6, 6.07) is 11.2. The van der Waals surface area contributed by atoms with Gasteiger partial charge in [0.05, 0.1) is 12.8 Å². The van der Waals surface area contributed by atoms with E-state index >= 15 is 0 Å². The van der Waals surface area contributed by atoms with Crippen molar-refractivity contribution in [2.45, 2.75) is 6.54 Å². The Morgan fingerprint density at radius 2 is 1.78 bits per heavy atom. The van der Waals surface area contributed by atoms with Crippen LogP contribution in [-0.2, 0) is 6.54 Å². The summed E-state index contributed by atoms with van der Waals surface area (Å²) in [6.07, 6.45) is 1.74. The average molecular weight is 244 g/mol. The van der Waals surface area contributed by atoms with Crippen LogP contribution in [0.25, 0.3) is 0 Å². The summed E-state index contributed by atoms with van der Waals surface area (Å²) < 4.78 is 10.8. The first kappa shape index (κ1) is 12.4. The van der Waals surface area contributed by atoms with Crippen molar-refractivity contribution in [2.24, 2.45) is 0 Å². The number of nitrogens with zero attached hydrogens (tertiary/aromatic N) is 1.